The molecule has 8 heteroatoms. The maximum atomic E-state index is 14.3. The maximum absolute atomic E-state index is 14.3. The van der Waals surface area contributed by atoms with E-state index < -0.39 is 0 Å². The van der Waals surface area contributed by atoms with Crippen LogP contribution in [-0.2, 0) is 11.3 Å². The molecule has 7 nitrogen and oxygen atoms in total. The van der Waals surface area contributed by atoms with E-state index in [0.29, 0.717) is 29.9 Å². The number of hydrogen-bond donors (Lipinski definition) is 1. The van der Waals surface area contributed by atoms with Gasteiger partial charge in [0.1, 0.15) is 12.1 Å². The predicted octanol–water partition coefficient (Wildman–Crippen LogP) is 0.712. The molecule has 2 aromatic rings. The number of carbonyl (C=O) groups is 1. The summed E-state index contributed by atoms with van der Waals surface area (Å²) in [4.78, 5) is 14.9. The summed E-state index contributed by atoms with van der Waals surface area (Å²) in [6.07, 6.45) is 1.53. The smallest absolute Gasteiger partial charge is 0.204 e. The molecule has 0 amide bonds. The van der Waals surface area contributed by atoms with Crippen molar-refractivity contribution in [1.29, 1.82) is 0 Å². The summed E-state index contributed by atoms with van der Waals surface area (Å²) >= 11 is 0. The number of hydrogen-bond acceptors (Lipinski definition) is 6. The number of halogens is 1. The number of piperazine rings is 1. The van der Waals surface area contributed by atoms with Crippen LogP contribution in [0, 0.1) is 5.82 Å². The second kappa shape index (κ2) is 7.38. The molecule has 23 heavy (non-hydrogen) atoms. The van der Waals surface area contributed by atoms with Crippen molar-refractivity contribution in [2.75, 3.05) is 32.7 Å². The zero-order chi connectivity index (χ0) is 16.1. The molecule has 3 rings (SSSR count). The molecule has 1 aliphatic heterocycles. The molecule has 1 fully saturated rings. The number of aromatic amines is 1. The van der Waals surface area contributed by atoms with Gasteiger partial charge in [0.25, 0.3) is 0 Å². The standard InChI is InChI=1S/C15H19FN6O/c16-14-10-12(15-17-19-20-18-15)2-3-13(14)11-22-7-5-21(6-8-22)4-1-9-23/h2-3,9-10H,1,4-8,11H2,(H,17,18,19,20). The van der Waals surface area contributed by atoms with Crippen molar-refractivity contribution in [3.05, 3.63) is 29.6 Å². The van der Waals surface area contributed by atoms with Crippen molar-refractivity contribution in [3.63, 3.8) is 0 Å². The van der Waals surface area contributed by atoms with Crippen LogP contribution in [0.5, 0.6) is 0 Å². The molecule has 0 atom stereocenters. The molecule has 0 saturated carbocycles. The lowest BCUT2D eigenvalue weighted by molar-refractivity contribution is -0.108. The Hall–Kier alpha value is -2.19. The lowest BCUT2D eigenvalue weighted by Crippen LogP contribution is -2.46. The van der Waals surface area contributed by atoms with Crippen molar-refractivity contribution >= 4 is 6.29 Å². The molecule has 0 radical (unpaired) electrons. The van der Waals surface area contributed by atoms with Crippen LogP contribution in [0.4, 0.5) is 4.39 Å². The highest BCUT2D eigenvalue weighted by Crippen LogP contribution is 2.19. The third kappa shape index (κ3) is 3.96. The van der Waals surface area contributed by atoms with Crippen LogP contribution in [-0.4, -0.2) is 69.4 Å². The minimum Gasteiger partial charge on any atom is -0.303 e. The topological polar surface area (TPSA) is 78.0 Å². The highest BCUT2D eigenvalue weighted by atomic mass is 19.1. The average Bonchev–Trinajstić information content (AvgIpc) is 3.10. The SMILES string of the molecule is O=CCCN1CCN(Cc2ccc(-c3nn[nH]n3)cc2F)CC1. The van der Waals surface area contributed by atoms with Gasteiger partial charge in [-0.25, -0.2) is 4.39 Å². The minimum atomic E-state index is -0.254. The predicted molar refractivity (Wildman–Crippen MR) is 82.0 cm³/mol. The van der Waals surface area contributed by atoms with Gasteiger partial charge in [0.05, 0.1) is 0 Å². The quantitative estimate of drug-likeness (QED) is 0.791. The molecular weight excluding hydrogens is 299 g/mol. The Bertz CT molecular complexity index is 639. The summed E-state index contributed by atoms with van der Waals surface area (Å²) in [5.41, 5.74) is 1.28. The zero-order valence-corrected chi connectivity index (χ0v) is 12.8. The molecular formula is C15H19FN6O. The number of aldehydes is 1. The van der Waals surface area contributed by atoms with Crippen molar-refractivity contribution < 1.29 is 9.18 Å². The van der Waals surface area contributed by atoms with Crippen LogP contribution in [0.25, 0.3) is 11.4 Å². The molecule has 122 valence electrons. The second-order valence-corrected chi connectivity index (χ2v) is 5.61. The largest absolute Gasteiger partial charge is 0.303 e. The first-order valence-electron chi connectivity index (χ1n) is 7.67. The minimum absolute atomic E-state index is 0.254. The fourth-order valence-corrected chi connectivity index (χ4v) is 2.75. The molecule has 1 aromatic carbocycles. The second-order valence-electron chi connectivity index (χ2n) is 5.61. The summed E-state index contributed by atoms with van der Waals surface area (Å²) in [6.45, 7) is 4.98. The molecule has 0 spiro atoms. The van der Waals surface area contributed by atoms with E-state index in [1.165, 1.54) is 6.07 Å². The lowest BCUT2D eigenvalue weighted by atomic mass is 10.1. The number of H-pyrrole nitrogens is 1. The summed E-state index contributed by atoms with van der Waals surface area (Å²) in [6, 6.07) is 5.03. The summed E-state index contributed by atoms with van der Waals surface area (Å²) in [7, 11) is 0. The van der Waals surface area contributed by atoms with Gasteiger partial charge in [-0.1, -0.05) is 12.1 Å². The van der Waals surface area contributed by atoms with E-state index >= 15 is 0 Å². The zero-order valence-electron chi connectivity index (χ0n) is 12.8. The third-order valence-corrected chi connectivity index (χ3v) is 4.08. The van der Waals surface area contributed by atoms with E-state index in [2.05, 4.69) is 30.4 Å². The number of carbonyl (C=O) groups excluding carboxylic acids is 1. The van der Waals surface area contributed by atoms with Crippen molar-refractivity contribution in [3.8, 4) is 11.4 Å². The Balaban J connectivity index is 1.58. The van der Waals surface area contributed by atoms with Crippen LogP contribution in [0.15, 0.2) is 18.2 Å². The van der Waals surface area contributed by atoms with Crippen LogP contribution in [0.2, 0.25) is 0 Å². The summed E-state index contributed by atoms with van der Waals surface area (Å²) < 4.78 is 14.3. The fourth-order valence-electron chi connectivity index (χ4n) is 2.75. The highest BCUT2D eigenvalue weighted by Gasteiger charge is 2.18. The van der Waals surface area contributed by atoms with Gasteiger partial charge >= 0.3 is 0 Å². The van der Waals surface area contributed by atoms with E-state index in [9.17, 15) is 9.18 Å². The van der Waals surface area contributed by atoms with E-state index in [1.807, 2.05) is 6.07 Å². The molecule has 1 saturated heterocycles. The van der Waals surface area contributed by atoms with E-state index in [-0.39, 0.29) is 5.82 Å². The van der Waals surface area contributed by atoms with Crippen molar-refractivity contribution in [2.45, 2.75) is 13.0 Å². The molecule has 0 aliphatic carbocycles. The Morgan fingerprint density at radius 1 is 1.22 bits per heavy atom. The lowest BCUT2D eigenvalue weighted by Gasteiger charge is -2.34. The van der Waals surface area contributed by atoms with Crippen molar-refractivity contribution in [2.24, 2.45) is 0 Å². The monoisotopic (exact) mass is 318 g/mol. The van der Waals surface area contributed by atoms with E-state index in [4.69, 9.17) is 0 Å². The normalized spacial score (nSPS) is 16.6. The Morgan fingerprint density at radius 2 is 2.00 bits per heavy atom. The average molecular weight is 318 g/mol. The first-order valence-corrected chi connectivity index (χ1v) is 7.67. The summed E-state index contributed by atoms with van der Waals surface area (Å²) in [5.74, 6) is 0.134. The number of nitrogens with one attached hydrogen (secondary N) is 1. The highest BCUT2D eigenvalue weighted by molar-refractivity contribution is 5.54. The van der Waals surface area contributed by atoms with E-state index in [0.717, 1.165) is 39.0 Å². The first kappa shape index (κ1) is 15.7. The molecule has 2 heterocycles. The molecule has 1 N–H and O–H groups in total. The van der Waals surface area contributed by atoms with Gasteiger partial charge < -0.3 is 9.69 Å². The number of tetrazole rings is 1. The van der Waals surface area contributed by atoms with Crippen LogP contribution >= 0.6 is 0 Å². The number of aromatic nitrogens is 4. The number of benzene rings is 1. The third-order valence-electron chi connectivity index (χ3n) is 4.08. The molecule has 0 unspecified atom stereocenters. The fraction of sp³-hybridized carbons (Fsp3) is 0.467. The van der Waals surface area contributed by atoms with Crippen LogP contribution in [0.1, 0.15) is 12.0 Å². The summed E-state index contributed by atoms with van der Waals surface area (Å²) in [5, 5.41) is 13.5. The molecule has 0 bridgehead atoms. The van der Waals surface area contributed by atoms with Crippen LogP contribution < -0.4 is 0 Å². The van der Waals surface area contributed by atoms with Crippen molar-refractivity contribution in [1.82, 2.24) is 30.4 Å². The van der Waals surface area contributed by atoms with Gasteiger partial charge in [-0.2, -0.15) is 5.21 Å². The number of rotatable bonds is 6. The van der Waals surface area contributed by atoms with Gasteiger partial charge in [-0.15, -0.1) is 10.2 Å². The van der Waals surface area contributed by atoms with Gasteiger partial charge in [-0.3, -0.25) is 4.90 Å². The van der Waals surface area contributed by atoms with Gasteiger partial charge in [0.2, 0.25) is 5.82 Å². The molecule has 1 aliphatic rings. The maximum Gasteiger partial charge on any atom is 0.204 e. The van der Waals surface area contributed by atoms with Gasteiger partial charge in [0.15, 0.2) is 0 Å². The van der Waals surface area contributed by atoms with Crippen LogP contribution in [0.3, 0.4) is 0 Å². The first-order chi connectivity index (χ1) is 11.3. The number of nitrogens with zero attached hydrogens (tertiary/aromatic N) is 5. The Labute approximate surface area is 133 Å². The molecule has 1 aromatic heterocycles. The van der Waals surface area contributed by atoms with Gasteiger partial charge in [0, 0.05) is 56.8 Å². The Kier molecular flexibility index (Phi) is 5.04. The van der Waals surface area contributed by atoms with E-state index in [1.54, 1.807) is 6.07 Å². The van der Waals surface area contributed by atoms with Gasteiger partial charge in [-0.05, 0) is 11.3 Å². The Morgan fingerprint density at radius 3 is 2.65 bits per heavy atom.